The largest absolute Gasteiger partial charge is 0.466 e. The zero-order valence-electron chi connectivity index (χ0n) is 10.7. The number of rotatable bonds is 9. The van der Waals surface area contributed by atoms with E-state index in [1.54, 1.807) is 0 Å². The Morgan fingerprint density at radius 1 is 1.19 bits per heavy atom. The Morgan fingerprint density at radius 3 is 2.44 bits per heavy atom. The predicted molar refractivity (Wildman–Crippen MR) is 64.1 cm³/mol. The van der Waals surface area contributed by atoms with Gasteiger partial charge in [0.1, 0.15) is 6.29 Å². The van der Waals surface area contributed by atoms with Crippen molar-refractivity contribution >= 4 is 12.3 Å². The number of hydrogen-bond acceptors (Lipinski definition) is 3. The van der Waals surface area contributed by atoms with Crippen molar-refractivity contribution < 1.29 is 14.3 Å². The summed E-state index contributed by atoms with van der Waals surface area (Å²) in [6.07, 6.45) is 5.98. The summed E-state index contributed by atoms with van der Waals surface area (Å²) >= 11 is 0. The number of aldehydes is 1. The van der Waals surface area contributed by atoms with E-state index in [4.69, 9.17) is 4.74 Å². The SMILES string of the molecule is CC(=O)OCCCCC[C@@H](C)C(C)CC=O. The van der Waals surface area contributed by atoms with Crippen LogP contribution in [0, 0.1) is 11.8 Å². The molecule has 3 heteroatoms. The van der Waals surface area contributed by atoms with Gasteiger partial charge in [-0.2, -0.15) is 0 Å². The Kier molecular flexibility index (Phi) is 8.87. The van der Waals surface area contributed by atoms with Gasteiger partial charge in [0.2, 0.25) is 0 Å². The van der Waals surface area contributed by atoms with Crippen LogP contribution in [0.4, 0.5) is 0 Å². The van der Waals surface area contributed by atoms with Crippen LogP contribution < -0.4 is 0 Å². The van der Waals surface area contributed by atoms with Gasteiger partial charge in [-0.05, 0) is 18.3 Å². The summed E-state index contributed by atoms with van der Waals surface area (Å²) in [5, 5.41) is 0. The Balaban J connectivity index is 3.36. The van der Waals surface area contributed by atoms with E-state index >= 15 is 0 Å². The van der Waals surface area contributed by atoms with Gasteiger partial charge in [0.05, 0.1) is 6.61 Å². The van der Waals surface area contributed by atoms with Gasteiger partial charge < -0.3 is 9.53 Å². The van der Waals surface area contributed by atoms with E-state index in [0.717, 1.165) is 32.0 Å². The molecule has 0 aliphatic heterocycles. The lowest BCUT2D eigenvalue weighted by Crippen LogP contribution is -2.08. The molecule has 0 saturated carbocycles. The summed E-state index contributed by atoms with van der Waals surface area (Å²) in [7, 11) is 0. The van der Waals surface area contributed by atoms with Gasteiger partial charge in [-0.25, -0.2) is 0 Å². The Bertz CT molecular complexity index is 201. The molecule has 16 heavy (non-hydrogen) atoms. The average Bonchev–Trinajstić information content (AvgIpc) is 2.22. The van der Waals surface area contributed by atoms with Crippen LogP contribution in [-0.2, 0) is 14.3 Å². The monoisotopic (exact) mass is 228 g/mol. The van der Waals surface area contributed by atoms with Crippen LogP contribution in [0.1, 0.15) is 52.9 Å². The second-order valence-corrected chi connectivity index (χ2v) is 4.55. The molecule has 0 rings (SSSR count). The molecule has 0 aliphatic carbocycles. The van der Waals surface area contributed by atoms with Crippen LogP contribution in [-0.4, -0.2) is 18.9 Å². The van der Waals surface area contributed by atoms with Gasteiger partial charge in [0, 0.05) is 13.3 Å². The van der Waals surface area contributed by atoms with E-state index in [1.807, 2.05) is 0 Å². The van der Waals surface area contributed by atoms with E-state index in [9.17, 15) is 9.59 Å². The molecule has 0 N–H and O–H groups in total. The van der Waals surface area contributed by atoms with Crippen LogP contribution in [0.3, 0.4) is 0 Å². The standard InChI is InChI=1S/C13H24O3/c1-11(12(2)8-9-14)7-5-4-6-10-16-13(3)15/h9,11-12H,4-8,10H2,1-3H3/t11-,12?/m1/s1. The fourth-order valence-electron chi connectivity index (χ4n) is 1.63. The molecule has 2 atom stereocenters. The lowest BCUT2D eigenvalue weighted by molar-refractivity contribution is -0.141. The highest BCUT2D eigenvalue weighted by atomic mass is 16.5. The molecule has 1 unspecified atom stereocenters. The zero-order valence-corrected chi connectivity index (χ0v) is 10.7. The fraction of sp³-hybridized carbons (Fsp3) is 0.846. The van der Waals surface area contributed by atoms with Gasteiger partial charge in [0.15, 0.2) is 0 Å². The van der Waals surface area contributed by atoms with Crippen molar-refractivity contribution in [1.29, 1.82) is 0 Å². The molecule has 0 aliphatic rings. The van der Waals surface area contributed by atoms with Crippen molar-refractivity contribution in [2.24, 2.45) is 11.8 Å². The molecule has 0 spiro atoms. The van der Waals surface area contributed by atoms with Crippen LogP contribution in [0.15, 0.2) is 0 Å². The van der Waals surface area contributed by atoms with Crippen molar-refractivity contribution in [3.8, 4) is 0 Å². The van der Waals surface area contributed by atoms with Crippen molar-refractivity contribution in [2.45, 2.75) is 52.9 Å². The summed E-state index contributed by atoms with van der Waals surface area (Å²) in [4.78, 5) is 20.8. The summed E-state index contributed by atoms with van der Waals surface area (Å²) in [5.41, 5.74) is 0. The summed E-state index contributed by atoms with van der Waals surface area (Å²) in [6.45, 7) is 6.29. The highest BCUT2D eigenvalue weighted by Crippen LogP contribution is 2.20. The first-order chi connectivity index (χ1) is 7.57. The first-order valence-corrected chi connectivity index (χ1v) is 6.15. The molecular formula is C13H24O3. The first kappa shape index (κ1) is 15.1. The predicted octanol–water partition coefficient (Wildman–Crippen LogP) is 2.97. The fourth-order valence-corrected chi connectivity index (χ4v) is 1.63. The lowest BCUT2D eigenvalue weighted by Gasteiger charge is -2.17. The van der Waals surface area contributed by atoms with E-state index in [2.05, 4.69) is 13.8 Å². The minimum atomic E-state index is -0.201. The average molecular weight is 228 g/mol. The number of carbonyl (C=O) groups is 2. The molecule has 0 heterocycles. The number of ether oxygens (including phenoxy) is 1. The van der Waals surface area contributed by atoms with Crippen LogP contribution in [0.5, 0.6) is 0 Å². The van der Waals surface area contributed by atoms with Gasteiger partial charge in [0.25, 0.3) is 0 Å². The lowest BCUT2D eigenvalue weighted by atomic mass is 9.89. The molecule has 0 aromatic carbocycles. The van der Waals surface area contributed by atoms with Crippen LogP contribution in [0.2, 0.25) is 0 Å². The quantitative estimate of drug-likeness (QED) is 0.346. The second kappa shape index (κ2) is 9.37. The molecule has 0 aromatic heterocycles. The third-order valence-corrected chi connectivity index (χ3v) is 3.05. The van der Waals surface area contributed by atoms with Gasteiger partial charge >= 0.3 is 5.97 Å². The van der Waals surface area contributed by atoms with E-state index in [1.165, 1.54) is 6.92 Å². The second-order valence-electron chi connectivity index (χ2n) is 4.55. The van der Waals surface area contributed by atoms with Gasteiger partial charge in [-0.3, -0.25) is 4.79 Å². The summed E-state index contributed by atoms with van der Waals surface area (Å²) in [6, 6.07) is 0. The smallest absolute Gasteiger partial charge is 0.302 e. The minimum Gasteiger partial charge on any atom is -0.466 e. The van der Waals surface area contributed by atoms with Crippen molar-refractivity contribution in [3.63, 3.8) is 0 Å². The van der Waals surface area contributed by atoms with Crippen molar-refractivity contribution in [2.75, 3.05) is 6.61 Å². The Labute approximate surface area is 98.6 Å². The molecule has 0 aromatic rings. The maximum Gasteiger partial charge on any atom is 0.302 e. The van der Waals surface area contributed by atoms with Crippen LogP contribution >= 0.6 is 0 Å². The number of hydrogen-bond donors (Lipinski definition) is 0. The topological polar surface area (TPSA) is 43.4 Å². The third-order valence-electron chi connectivity index (χ3n) is 3.05. The Morgan fingerprint density at radius 2 is 1.88 bits per heavy atom. The zero-order chi connectivity index (χ0) is 12.4. The van der Waals surface area contributed by atoms with Crippen molar-refractivity contribution in [1.82, 2.24) is 0 Å². The number of esters is 1. The number of carbonyl (C=O) groups excluding carboxylic acids is 2. The van der Waals surface area contributed by atoms with E-state index in [0.29, 0.717) is 24.9 Å². The normalized spacial score (nSPS) is 14.2. The molecule has 94 valence electrons. The maximum absolute atomic E-state index is 10.5. The molecule has 0 saturated heterocycles. The molecule has 3 nitrogen and oxygen atoms in total. The van der Waals surface area contributed by atoms with Crippen molar-refractivity contribution in [3.05, 3.63) is 0 Å². The summed E-state index contributed by atoms with van der Waals surface area (Å²) < 4.78 is 4.85. The molecular weight excluding hydrogens is 204 g/mol. The first-order valence-electron chi connectivity index (χ1n) is 6.15. The Hall–Kier alpha value is -0.860. The van der Waals surface area contributed by atoms with Crippen LogP contribution in [0.25, 0.3) is 0 Å². The van der Waals surface area contributed by atoms with E-state index in [-0.39, 0.29) is 5.97 Å². The van der Waals surface area contributed by atoms with E-state index < -0.39 is 0 Å². The maximum atomic E-state index is 10.5. The molecule has 0 amide bonds. The third kappa shape index (κ3) is 8.45. The number of unbranched alkanes of at least 4 members (excludes halogenated alkanes) is 2. The highest BCUT2D eigenvalue weighted by molar-refractivity contribution is 5.65. The molecule has 0 radical (unpaired) electrons. The van der Waals surface area contributed by atoms with Gasteiger partial charge in [-0.15, -0.1) is 0 Å². The van der Waals surface area contributed by atoms with Gasteiger partial charge in [-0.1, -0.05) is 33.1 Å². The molecule has 0 bridgehead atoms. The summed E-state index contributed by atoms with van der Waals surface area (Å²) in [5.74, 6) is 0.873. The highest BCUT2D eigenvalue weighted by Gasteiger charge is 2.10. The minimum absolute atomic E-state index is 0.201. The molecule has 0 fully saturated rings.